The molecule has 1 aromatic heterocycles. The predicted octanol–water partition coefficient (Wildman–Crippen LogP) is 3.35. The van der Waals surface area contributed by atoms with E-state index in [9.17, 15) is 4.39 Å². The molecule has 0 spiro atoms. The molecule has 2 N–H and O–H groups in total. The molecule has 112 valence electrons. The molecule has 0 bridgehead atoms. The lowest BCUT2D eigenvalue weighted by atomic mass is 10.1. The normalized spacial score (nSPS) is 12.2. The lowest BCUT2D eigenvalue weighted by molar-refractivity contribution is 0.583. The van der Waals surface area contributed by atoms with Crippen LogP contribution >= 0.6 is 0 Å². The third-order valence-corrected chi connectivity index (χ3v) is 3.55. The van der Waals surface area contributed by atoms with Gasteiger partial charge in [-0.05, 0) is 19.4 Å². The van der Waals surface area contributed by atoms with E-state index in [1.54, 1.807) is 18.2 Å². The van der Waals surface area contributed by atoms with Crippen LogP contribution in [0.3, 0.4) is 0 Å². The van der Waals surface area contributed by atoms with Gasteiger partial charge in [-0.3, -0.25) is 0 Å². The Labute approximate surface area is 124 Å². The summed E-state index contributed by atoms with van der Waals surface area (Å²) in [7, 11) is 1.88. The highest BCUT2D eigenvalue weighted by molar-refractivity contribution is 5.48. The van der Waals surface area contributed by atoms with Crippen molar-refractivity contribution in [2.75, 3.05) is 17.7 Å². The van der Waals surface area contributed by atoms with E-state index in [-0.39, 0.29) is 11.9 Å². The van der Waals surface area contributed by atoms with Crippen molar-refractivity contribution < 1.29 is 4.39 Å². The zero-order valence-corrected chi connectivity index (χ0v) is 12.7. The van der Waals surface area contributed by atoms with Crippen molar-refractivity contribution >= 4 is 11.6 Å². The summed E-state index contributed by atoms with van der Waals surface area (Å²) < 4.78 is 13.9. The Kier molecular flexibility index (Phi) is 4.73. The van der Waals surface area contributed by atoms with Crippen molar-refractivity contribution in [3.63, 3.8) is 0 Å². The van der Waals surface area contributed by atoms with E-state index in [4.69, 9.17) is 5.73 Å². The first-order chi connectivity index (χ1) is 10.0. The Morgan fingerprint density at radius 1 is 1.29 bits per heavy atom. The number of rotatable bonds is 5. The van der Waals surface area contributed by atoms with Crippen LogP contribution in [-0.4, -0.2) is 17.0 Å². The van der Waals surface area contributed by atoms with Crippen LogP contribution in [0.15, 0.2) is 30.3 Å². The molecule has 1 atom stereocenters. The number of hydrogen-bond acceptors (Lipinski definition) is 4. The summed E-state index contributed by atoms with van der Waals surface area (Å²) in [6, 6.07) is 8.35. The molecule has 0 saturated carbocycles. The Balaban J connectivity index is 2.31. The van der Waals surface area contributed by atoms with Crippen molar-refractivity contribution in [2.24, 2.45) is 0 Å². The molecule has 1 unspecified atom stereocenters. The summed E-state index contributed by atoms with van der Waals surface area (Å²) >= 11 is 0. The Hall–Kier alpha value is -2.17. The topological polar surface area (TPSA) is 55.0 Å². The van der Waals surface area contributed by atoms with Crippen LogP contribution in [0.5, 0.6) is 0 Å². The first-order valence-corrected chi connectivity index (χ1v) is 7.13. The molecule has 4 nitrogen and oxygen atoms in total. The Bertz CT molecular complexity index is 615. The van der Waals surface area contributed by atoms with Crippen LogP contribution in [-0.2, 0) is 6.42 Å². The fourth-order valence-electron chi connectivity index (χ4n) is 2.24. The number of nitrogens with two attached hydrogens (primary N) is 1. The number of aromatic nitrogens is 2. The second-order valence-corrected chi connectivity index (χ2v) is 5.13. The van der Waals surface area contributed by atoms with E-state index in [0.717, 1.165) is 18.7 Å². The van der Waals surface area contributed by atoms with Crippen molar-refractivity contribution in [1.29, 1.82) is 0 Å². The number of nitrogens with zero attached hydrogens (tertiary/aromatic N) is 3. The van der Waals surface area contributed by atoms with Gasteiger partial charge in [-0.25, -0.2) is 14.4 Å². The molecule has 0 aliphatic carbocycles. The third kappa shape index (κ3) is 3.48. The van der Waals surface area contributed by atoms with Gasteiger partial charge in [-0.1, -0.05) is 25.1 Å². The zero-order chi connectivity index (χ0) is 15.4. The number of halogens is 1. The van der Waals surface area contributed by atoms with Gasteiger partial charge in [0, 0.05) is 25.1 Å². The number of nitrogen functional groups attached to an aromatic ring is 1. The van der Waals surface area contributed by atoms with E-state index in [2.05, 4.69) is 16.9 Å². The molecule has 0 amide bonds. The second kappa shape index (κ2) is 6.52. The van der Waals surface area contributed by atoms with Gasteiger partial charge in [0.1, 0.15) is 23.3 Å². The summed E-state index contributed by atoms with van der Waals surface area (Å²) in [5.41, 5.74) is 6.48. The highest BCUT2D eigenvalue weighted by atomic mass is 19.1. The van der Waals surface area contributed by atoms with Gasteiger partial charge in [0.25, 0.3) is 0 Å². The molecule has 2 aromatic rings. The van der Waals surface area contributed by atoms with Crippen molar-refractivity contribution in [2.45, 2.75) is 32.7 Å². The van der Waals surface area contributed by atoms with E-state index >= 15 is 0 Å². The summed E-state index contributed by atoms with van der Waals surface area (Å²) in [4.78, 5) is 10.6. The molecule has 0 fully saturated rings. The number of anilines is 2. The number of aryl methyl sites for hydroxylation is 1. The second-order valence-electron chi connectivity index (χ2n) is 5.13. The number of benzene rings is 1. The van der Waals surface area contributed by atoms with Gasteiger partial charge in [0.05, 0.1) is 6.04 Å². The van der Waals surface area contributed by atoms with Crippen LogP contribution in [0.25, 0.3) is 0 Å². The molecule has 0 aliphatic heterocycles. The van der Waals surface area contributed by atoms with E-state index in [1.165, 1.54) is 6.07 Å². The van der Waals surface area contributed by atoms with E-state index in [0.29, 0.717) is 17.2 Å². The van der Waals surface area contributed by atoms with Crippen molar-refractivity contribution in [1.82, 2.24) is 9.97 Å². The van der Waals surface area contributed by atoms with Gasteiger partial charge < -0.3 is 10.6 Å². The standard InChI is InChI=1S/C16H21FN4/c1-4-7-15-19-14(18)10-16(20-15)21(3)11(2)12-8-5-6-9-13(12)17/h5-6,8-11H,4,7H2,1-3H3,(H2,18,19,20). The quantitative estimate of drug-likeness (QED) is 0.916. The van der Waals surface area contributed by atoms with Crippen LogP contribution in [0, 0.1) is 5.82 Å². The third-order valence-electron chi connectivity index (χ3n) is 3.55. The minimum absolute atomic E-state index is 0.144. The van der Waals surface area contributed by atoms with Crippen LogP contribution in [0.1, 0.15) is 37.7 Å². The van der Waals surface area contributed by atoms with Gasteiger partial charge in [0.15, 0.2) is 0 Å². The largest absolute Gasteiger partial charge is 0.384 e. The first kappa shape index (κ1) is 15.2. The van der Waals surface area contributed by atoms with E-state index in [1.807, 2.05) is 24.9 Å². The smallest absolute Gasteiger partial charge is 0.134 e. The average Bonchev–Trinajstić information content (AvgIpc) is 2.46. The summed E-state index contributed by atoms with van der Waals surface area (Å²) in [5, 5.41) is 0. The highest BCUT2D eigenvalue weighted by Crippen LogP contribution is 2.26. The lowest BCUT2D eigenvalue weighted by Gasteiger charge is -2.27. The van der Waals surface area contributed by atoms with Gasteiger partial charge in [-0.2, -0.15) is 0 Å². The molecule has 21 heavy (non-hydrogen) atoms. The fourth-order valence-corrected chi connectivity index (χ4v) is 2.24. The molecule has 0 aliphatic rings. The summed E-state index contributed by atoms with van der Waals surface area (Å²) in [5.74, 6) is 1.66. The van der Waals surface area contributed by atoms with Crippen LogP contribution in [0.2, 0.25) is 0 Å². The van der Waals surface area contributed by atoms with Crippen molar-refractivity contribution in [3.05, 3.63) is 47.5 Å². The minimum Gasteiger partial charge on any atom is -0.384 e. The predicted molar refractivity (Wildman–Crippen MR) is 83.7 cm³/mol. The maximum Gasteiger partial charge on any atom is 0.134 e. The maximum absolute atomic E-state index is 13.9. The lowest BCUT2D eigenvalue weighted by Crippen LogP contribution is -2.24. The van der Waals surface area contributed by atoms with Gasteiger partial charge >= 0.3 is 0 Å². The molecular formula is C16H21FN4. The first-order valence-electron chi connectivity index (χ1n) is 7.13. The molecule has 2 rings (SSSR count). The van der Waals surface area contributed by atoms with Crippen LogP contribution in [0.4, 0.5) is 16.0 Å². The monoisotopic (exact) mass is 288 g/mol. The average molecular weight is 288 g/mol. The van der Waals surface area contributed by atoms with Crippen molar-refractivity contribution in [3.8, 4) is 0 Å². The summed E-state index contributed by atoms with van der Waals surface area (Å²) in [6.07, 6.45) is 1.73. The Morgan fingerprint density at radius 3 is 2.67 bits per heavy atom. The van der Waals surface area contributed by atoms with E-state index < -0.39 is 0 Å². The molecule has 0 radical (unpaired) electrons. The van der Waals surface area contributed by atoms with Crippen LogP contribution < -0.4 is 10.6 Å². The Morgan fingerprint density at radius 2 is 2.00 bits per heavy atom. The maximum atomic E-state index is 13.9. The minimum atomic E-state index is -0.215. The highest BCUT2D eigenvalue weighted by Gasteiger charge is 2.17. The molecule has 5 heteroatoms. The van der Waals surface area contributed by atoms with Gasteiger partial charge in [0.2, 0.25) is 0 Å². The van der Waals surface area contributed by atoms with Gasteiger partial charge in [-0.15, -0.1) is 0 Å². The SMILES string of the molecule is CCCc1nc(N)cc(N(C)C(C)c2ccccc2F)n1. The fraction of sp³-hybridized carbons (Fsp3) is 0.375. The molecule has 1 heterocycles. The molecule has 1 aromatic carbocycles. The molecular weight excluding hydrogens is 267 g/mol. The number of hydrogen-bond donors (Lipinski definition) is 1. The summed E-state index contributed by atoms with van der Waals surface area (Å²) in [6.45, 7) is 4.01. The molecule has 0 saturated heterocycles. The zero-order valence-electron chi connectivity index (χ0n) is 12.7.